The molecule has 0 bridgehead atoms. The van der Waals surface area contributed by atoms with Gasteiger partial charge in [-0.25, -0.2) is 0 Å². The number of aromatic nitrogens is 2. The molecular formula is C18H11N3O2. The molecule has 0 aliphatic heterocycles. The molecule has 23 heavy (non-hydrogen) atoms. The average molecular weight is 301 g/mol. The van der Waals surface area contributed by atoms with Gasteiger partial charge in [0, 0.05) is 29.2 Å². The minimum Gasteiger partial charge on any atom is -0.258 e. The van der Waals surface area contributed by atoms with Crippen molar-refractivity contribution in [3.63, 3.8) is 0 Å². The highest BCUT2D eigenvalue weighted by Crippen LogP contribution is 2.37. The molecule has 5 heteroatoms. The highest BCUT2D eigenvalue weighted by atomic mass is 16.6. The summed E-state index contributed by atoms with van der Waals surface area (Å²) in [4.78, 5) is 19.9. The standard InChI is InChI=1S/C18H11N3O2/c22-21(23)16-8-2-1-6-13(16)15-11-12-5-3-9-19-17(12)18-14(15)7-4-10-20-18/h1-11H. The molecule has 110 valence electrons. The van der Waals surface area contributed by atoms with Gasteiger partial charge in [0.2, 0.25) is 0 Å². The fourth-order valence-electron chi connectivity index (χ4n) is 2.86. The second kappa shape index (κ2) is 5.14. The molecule has 4 aromatic rings. The van der Waals surface area contributed by atoms with Crippen molar-refractivity contribution in [1.29, 1.82) is 0 Å². The number of hydrogen-bond donors (Lipinski definition) is 0. The van der Waals surface area contributed by atoms with Crippen LogP contribution in [0.2, 0.25) is 0 Å². The number of fused-ring (bicyclic) bond motifs is 3. The van der Waals surface area contributed by atoms with E-state index in [1.165, 1.54) is 6.07 Å². The molecule has 0 saturated carbocycles. The van der Waals surface area contributed by atoms with Gasteiger partial charge in [0.25, 0.3) is 5.69 Å². The number of pyridine rings is 2. The molecule has 0 radical (unpaired) electrons. The third-order valence-corrected chi connectivity index (χ3v) is 3.85. The number of nitro groups is 1. The lowest BCUT2D eigenvalue weighted by Gasteiger charge is -2.09. The summed E-state index contributed by atoms with van der Waals surface area (Å²) < 4.78 is 0. The molecule has 0 aliphatic rings. The van der Waals surface area contributed by atoms with E-state index in [9.17, 15) is 10.1 Å². The zero-order valence-electron chi connectivity index (χ0n) is 12.0. The summed E-state index contributed by atoms with van der Waals surface area (Å²) in [6.45, 7) is 0. The maximum Gasteiger partial charge on any atom is 0.277 e. The van der Waals surface area contributed by atoms with E-state index in [1.807, 2.05) is 30.3 Å². The molecule has 0 aliphatic carbocycles. The maximum absolute atomic E-state index is 11.4. The van der Waals surface area contributed by atoms with E-state index in [2.05, 4.69) is 9.97 Å². The topological polar surface area (TPSA) is 68.9 Å². The highest BCUT2D eigenvalue weighted by molar-refractivity contribution is 6.10. The van der Waals surface area contributed by atoms with Crippen molar-refractivity contribution in [2.75, 3.05) is 0 Å². The highest BCUT2D eigenvalue weighted by Gasteiger charge is 2.18. The first-order chi connectivity index (χ1) is 11.3. The Morgan fingerprint density at radius 2 is 1.57 bits per heavy atom. The largest absolute Gasteiger partial charge is 0.277 e. The molecule has 0 fully saturated rings. The predicted molar refractivity (Wildman–Crippen MR) is 89.1 cm³/mol. The molecule has 2 aromatic carbocycles. The summed E-state index contributed by atoms with van der Waals surface area (Å²) in [7, 11) is 0. The summed E-state index contributed by atoms with van der Waals surface area (Å²) in [5, 5.41) is 13.1. The van der Waals surface area contributed by atoms with Crippen LogP contribution >= 0.6 is 0 Å². The second-order valence-electron chi connectivity index (χ2n) is 5.17. The molecule has 0 unspecified atom stereocenters. The van der Waals surface area contributed by atoms with Crippen molar-refractivity contribution >= 4 is 27.5 Å². The van der Waals surface area contributed by atoms with Crippen LogP contribution in [0, 0.1) is 10.1 Å². The van der Waals surface area contributed by atoms with Crippen LogP contribution in [-0.4, -0.2) is 14.9 Å². The molecule has 4 rings (SSSR count). The van der Waals surface area contributed by atoms with E-state index < -0.39 is 0 Å². The van der Waals surface area contributed by atoms with Gasteiger partial charge in [-0.2, -0.15) is 0 Å². The van der Waals surface area contributed by atoms with Crippen LogP contribution < -0.4 is 0 Å². The molecule has 0 saturated heterocycles. The Morgan fingerprint density at radius 1 is 0.826 bits per heavy atom. The van der Waals surface area contributed by atoms with Crippen molar-refractivity contribution in [3.05, 3.63) is 77.1 Å². The van der Waals surface area contributed by atoms with Crippen molar-refractivity contribution in [2.24, 2.45) is 0 Å². The molecule has 0 atom stereocenters. The fourth-order valence-corrected chi connectivity index (χ4v) is 2.86. The lowest BCUT2D eigenvalue weighted by Crippen LogP contribution is -1.93. The van der Waals surface area contributed by atoms with E-state index >= 15 is 0 Å². The Morgan fingerprint density at radius 3 is 2.39 bits per heavy atom. The van der Waals surface area contributed by atoms with Gasteiger partial charge in [-0.1, -0.05) is 24.3 Å². The van der Waals surface area contributed by atoms with Crippen LogP contribution in [0.5, 0.6) is 0 Å². The van der Waals surface area contributed by atoms with Crippen LogP contribution in [0.15, 0.2) is 67.0 Å². The minimum absolute atomic E-state index is 0.0842. The van der Waals surface area contributed by atoms with Gasteiger partial charge in [-0.3, -0.25) is 20.1 Å². The first-order valence-corrected chi connectivity index (χ1v) is 7.12. The van der Waals surface area contributed by atoms with Gasteiger partial charge < -0.3 is 0 Å². The van der Waals surface area contributed by atoms with E-state index in [0.717, 1.165) is 27.4 Å². The quantitative estimate of drug-likeness (QED) is 0.313. The Kier molecular flexibility index (Phi) is 2.98. The number of nitro benzene ring substituents is 1. The normalized spacial score (nSPS) is 11.0. The van der Waals surface area contributed by atoms with Gasteiger partial charge >= 0.3 is 0 Å². The van der Waals surface area contributed by atoms with Crippen molar-refractivity contribution < 1.29 is 4.92 Å². The molecule has 2 heterocycles. The molecule has 0 N–H and O–H groups in total. The van der Waals surface area contributed by atoms with Crippen LogP contribution in [-0.2, 0) is 0 Å². The number of nitrogens with zero attached hydrogens (tertiary/aromatic N) is 3. The van der Waals surface area contributed by atoms with E-state index in [-0.39, 0.29) is 10.6 Å². The van der Waals surface area contributed by atoms with E-state index in [4.69, 9.17) is 0 Å². The Hall–Kier alpha value is -3.34. The molecule has 2 aromatic heterocycles. The second-order valence-corrected chi connectivity index (χ2v) is 5.17. The monoisotopic (exact) mass is 301 g/mol. The average Bonchev–Trinajstić information content (AvgIpc) is 2.61. The lowest BCUT2D eigenvalue weighted by molar-refractivity contribution is -0.384. The van der Waals surface area contributed by atoms with E-state index in [0.29, 0.717) is 5.56 Å². The number of hydrogen-bond acceptors (Lipinski definition) is 4. The van der Waals surface area contributed by atoms with Crippen LogP contribution in [0.25, 0.3) is 32.9 Å². The summed E-state index contributed by atoms with van der Waals surface area (Å²) in [5.74, 6) is 0. The SMILES string of the molecule is O=[N+]([O-])c1ccccc1-c1cc2cccnc2c2ncccc12. The van der Waals surface area contributed by atoms with Crippen molar-refractivity contribution in [1.82, 2.24) is 9.97 Å². The van der Waals surface area contributed by atoms with Crippen LogP contribution in [0.3, 0.4) is 0 Å². The van der Waals surface area contributed by atoms with Crippen molar-refractivity contribution in [2.45, 2.75) is 0 Å². The third-order valence-electron chi connectivity index (χ3n) is 3.85. The van der Waals surface area contributed by atoms with Gasteiger partial charge in [0.15, 0.2) is 0 Å². The fraction of sp³-hybridized carbons (Fsp3) is 0. The maximum atomic E-state index is 11.4. The molecule has 5 nitrogen and oxygen atoms in total. The summed E-state index contributed by atoms with van der Waals surface area (Å²) in [5.41, 5.74) is 3.01. The summed E-state index contributed by atoms with van der Waals surface area (Å²) in [6.07, 6.45) is 3.43. The first kappa shape index (κ1) is 13.3. The van der Waals surface area contributed by atoms with Crippen LogP contribution in [0.4, 0.5) is 5.69 Å². The van der Waals surface area contributed by atoms with E-state index in [1.54, 1.807) is 30.6 Å². The smallest absolute Gasteiger partial charge is 0.258 e. The molecule has 0 spiro atoms. The number of para-hydroxylation sites is 1. The third kappa shape index (κ3) is 2.10. The first-order valence-electron chi connectivity index (χ1n) is 7.12. The van der Waals surface area contributed by atoms with Gasteiger partial charge in [-0.05, 0) is 29.8 Å². The van der Waals surface area contributed by atoms with Crippen LogP contribution in [0.1, 0.15) is 0 Å². The Balaban J connectivity index is 2.17. The number of rotatable bonds is 2. The molecular weight excluding hydrogens is 290 g/mol. The van der Waals surface area contributed by atoms with Gasteiger partial charge in [0.05, 0.1) is 21.5 Å². The number of benzene rings is 2. The minimum atomic E-state index is -0.356. The summed E-state index contributed by atoms with van der Waals surface area (Å²) in [6, 6.07) is 16.2. The van der Waals surface area contributed by atoms with Crippen molar-refractivity contribution in [3.8, 4) is 11.1 Å². The molecule has 0 amide bonds. The zero-order valence-corrected chi connectivity index (χ0v) is 12.0. The zero-order chi connectivity index (χ0) is 15.8. The predicted octanol–water partition coefficient (Wildman–Crippen LogP) is 4.36. The summed E-state index contributed by atoms with van der Waals surface area (Å²) >= 11 is 0. The Bertz CT molecular complexity index is 1060. The van der Waals surface area contributed by atoms with Gasteiger partial charge in [0.1, 0.15) is 0 Å². The van der Waals surface area contributed by atoms with Gasteiger partial charge in [-0.15, -0.1) is 0 Å². The Labute approximate surface area is 131 Å². The lowest BCUT2D eigenvalue weighted by atomic mass is 9.96.